The summed E-state index contributed by atoms with van der Waals surface area (Å²) in [5, 5.41) is 9.62. The van der Waals surface area contributed by atoms with Gasteiger partial charge in [0.2, 0.25) is 0 Å². The molecule has 0 unspecified atom stereocenters. The molecule has 0 amide bonds. The standard InChI is InChI=1S/C52H32N2OS/c1-3-17-34(18-4-1)53(36-29-30-48-42(31-36)38-22-10-12-28-47(38)56-48)43-26-14-25-41-49-44(54(52(41)43)35-19-5-2-6-20-35)32-46-50(40-23-9-11-27-45(40)55-46)51(49)39-24-13-16-33-15-7-8-21-37(33)39/h1-32H. The molecular weight excluding hydrogens is 701 g/mol. The number of para-hydroxylation sites is 4. The van der Waals surface area contributed by atoms with Crippen molar-refractivity contribution in [2.75, 3.05) is 4.90 Å². The van der Waals surface area contributed by atoms with E-state index in [4.69, 9.17) is 4.42 Å². The number of aromatic nitrogens is 1. The van der Waals surface area contributed by atoms with E-state index in [2.05, 4.69) is 204 Å². The smallest absolute Gasteiger partial charge is 0.138 e. The second-order valence-corrected chi connectivity index (χ2v) is 15.5. The number of benzene rings is 9. The molecule has 0 radical (unpaired) electrons. The Morgan fingerprint density at radius 3 is 2.00 bits per heavy atom. The third kappa shape index (κ3) is 4.57. The van der Waals surface area contributed by atoms with E-state index in [1.54, 1.807) is 0 Å². The number of fused-ring (bicyclic) bond motifs is 10. The maximum Gasteiger partial charge on any atom is 0.138 e. The van der Waals surface area contributed by atoms with Gasteiger partial charge in [-0.3, -0.25) is 0 Å². The number of hydrogen-bond donors (Lipinski definition) is 0. The van der Waals surface area contributed by atoms with Crippen LogP contribution in [0.3, 0.4) is 0 Å². The molecule has 0 fully saturated rings. The van der Waals surface area contributed by atoms with Crippen molar-refractivity contribution >= 4 is 103 Å². The predicted octanol–water partition coefficient (Wildman–Crippen LogP) is 15.3. The van der Waals surface area contributed by atoms with E-state index in [-0.39, 0.29) is 0 Å². The summed E-state index contributed by atoms with van der Waals surface area (Å²) in [4.78, 5) is 2.43. The van der Waals surface area contributed by atoms with E-state index in [1.165, 1.54) is 52.8 Å². The summed E-state index contributed by atoms with van der Waals surface area (Å²) in [6.07, 6.45) is 0. The average Bonchev–Trinajstić information content (AvgIpc) is 3.93. The fraction of sp³-hybridized carbons (Fsp3) is 0. The third-order valence-corrected chi connectivity index (χ3v) is 12.5. The minimum Gasteiger partial charge on any atom is -0.456 e. The first kappa shape index (κ1) is 31.2. The number of hydrogen-bond acceptors (Lipinski definition) is 3. The quantitative estimate of drug-likeness (QED) is 0.176. The van der Waals surface area contributed by atoms with Crippen LogP contribution in [0.15, 0.2) is 199 Å². The zero-order valence-electron chi connectivity index (χ0n) is 30.2. The summed E-state index contributed by atoms with van der Waals surface area (Å²) >= 11 is 1.85. The maximum atomic E-state index is 6.78. The Morgan fingerprint density at radius 1 is 0.446 bits per heavy atom. The number of thiophene rings is 1. The normalized spacial score (nSPS) is 11.9. The Hall–Kier alpha value is -7.14. The molecular formula is C52H32N2OS. The maximum absolute atomic E-state index is 6.78. The molecule has 0 saturated heterocycles. The highest BCUT2D eigenvalue weighted by atomic mass is 32.1. The highest BCUT2D eigenvalue weighted by molar-refractivity contribution is 7.25. The van der Waals surface area contributed by atoms with Crippen molar-refractivity contribution in [3.8, 4) is 16.8 Å². The van der Waals surface area contributed by atoms with Crippen molar-refractivity contribution in [3.05, 3.63) is 194 Å². The summed E-state index contributed by atoms with van der Waals surface area (Å²) < 4.78 is 11.8. The van der Waals surface area contributed by atoms with Crippen LogP contribution in [-0.2, 0) is 0 Å². The monoisotopic (exact) mass is 732 g/mol. The van der Waals surface area contributed by atoms with E-state index < -0.39 is 0 Å². The van der Waals surface area contributed by atoms with Crippen molar-refractivity contribution in [1.82, 2.24) is 4.57 Å². The number of rotatable bonds is 5. The highest BCUT2D eigenvalue weighted by Crippen LogP contribution is 2.51. The van der Waals surface area contributed by atoms with E-state index >= 15 is 0 Å². The molecule has 4 heteroatoms. The van der Waals surface area contributed by atoms with Crippen molar-refractivity contribution in [3.63, 3.8) is 0 Å². The van der Waals surface area contributed by atoms with Crippen LogP contribution < -0.4 is 4.90 Å². The fourth-order valence-corrected chi connectivity index (χ4v) is 10.1. The van der Waals surface area contributed by atoms with Crippen LogP contribution in [0, 0.1) is 0 Å². The Balaban J connectivity index is 1.27. The third-order valence-electron chi connectivity index (χ3n) is 11.3. The summed E-state index contributed by atoms with van der Waals surface area (Å²) in [5.41, 5.74) is 10.8. The minimum absolute atomic E-state index is 0.873. The lowest BCUT2D eigenvalue weighted by Gasteiger charge is -2.27. The van der Waals surface area contributed by atoms with Gasteiger partial charge in [-0.15, -0.1) is 11.3 Å². The molecule has 0 aliphatic heterocycles. The summed E-state index contributed by atoms with van der Waals surface area (Å²) in [7, 11) is 0. The molecule has 3 aromatic heterocycles. The topological polar surface area (TPSA) is 21.3 Å². The number of nitrogens with zero attached hydrogens (tertiary/aromatic N) is 2. The van der Waals surface area contributed by atoms with Gasteiger partial charge < -0.3 is 13.9 Å². The van der Waals surface area contributed by atoms with Crippen LogP contribution in [0.2, 0.25) is 0 Å². The second-order valence-electron chi connectivity index (χ2n) is 14.4. The zero-order chi connectivity index (χ0) is 36.7. The highest BCUT2D eigenvalue weighted by Gasteiger charge is 2.27. The van der Waals surface area contributed by atoms with Gasteiger partial charge in [-0.2, -0.15) is 0 Å². The van der Waals surface area contributed by atoms with Crippen molar-refractivity contribution in [2.45, 2.75) is 0 Å². The van der Waals surface area contributed by atoms with Crippen LogP contribution in [0.5, 0.6) is 0 Å². The minimum atomic E-state index is 0.873. The fourth-order valence-electron chi connectivity index (χ4n) is 9.01. The molecule has 0 bridgehead atoms. The van der Waals surface area contributed by atoms with Gasteiger partial charge in [0.25, 0.3) is 0 Å². The Labute approximate surface area is 326 Å². The van der Waals surface area contributed by atoms with E-state index in [9.17, 15) is 0 Å². The molecule has 3 nitrogen and oxygen atoms in total. The lowest BCUT2D eigenvalue weighted by Crippen LogP contribution is -2.11. The van der Waals surface area contributed by atoms with Crippen LogP contribution in [0.1, 0.15) is 0 Å². The molecule has 0 spiro atoms. The first-order valence-corrected chi connectivity index (χ1v) is 19.8. The average molecular weight is 733 g/mol. The summed E-state index contributed by atoms with van der Waals surface area (Å²) in [6, 6.07) is 70.2. The van der Waals surface area contributed by atoms with Gasteiger partial charge in [0.1, 0.15) is 11.2 Å². The van der Waals surface area contributed by atoms with Gasteiger partial charge in [0.05, 0.1) is 16.7 Å². The first-order valence-electron chi connectivity index (χ1n) is 19.0. The SMILES string of the molecule is c1ccc(N(c2ccc3sc4ccccc4c3c2)c2cccc3c4c(-c5cccc6ccccc56)c5c(cc4n(-c4ccccc4)c23)oc2ccccc25)cc1. The van der Waals surface area contributed by atoms with Gasteiger partial charge in [0.15, 0.2) is 0 Å². The summed E-state index contributed by atoms with van der Waals surface area (Å²) in [6.45, 7) is 0. The van der Waals surface area contributed by atoms with Gasteiger partial charge >= 0.3 is 0 Å². The van der Waals surface area contributed by atoms with E-state index in [1.807, 2.05) is 11.3 Å². The van der Waals surface area contributed by atoms with Crippen LogP contribution in [0.4, 0.5) is 17.1 Å². The van der Waals surface area contributed by atoms with Crippen LogP contribution in [-0.4, -0.2) is 4.57 Å². The lowest BCUT2D eigenvalue weighted by atomic mass is 9.91. The van der Waals surface area contributed by atoms with Gasteiger partial charge in [0, 0.05) is 70.4 Å². The van der Waals surface area contributed by atoms with Crippen LogP contribution >= 0.6 is 11.3 Å². The molecule has 0 N–H and O–H groups in total. The van der Waals surface area contributed by atoms with Crippen molar-refractivity contribution < 1.29 is 4.42 Å². The second kappa shape index (κ2) is 12.2. The van der Waals surface area contributed by atoms with Crippen molar-refractivity contribution in [1.29, 1.82) is 0 Å². The van der Waals surface area contributed by atoms with E-state index in [0.717, 1.165) is 55.7 Å². The molecule has 56 heavy (non-hydrogen) atoms. The van der Waals surface area contributed by atoms with Crippen LogP contribution in [0.25, 0.3) is 91.5 Å². The molecule has 9 aromatic carbocycles. The molecule has 0 aliphatic rings. The van der Waals surface area contributed by atoms with Gasteiger partial charge in [-0.05, 0) is 77.0 Å². The predicted molar refractivity (Wildman–Crippen MR) is 239 cm³/mol. The Morgan fingerprint density at radius 2 is 1.12 bits per heavy atom. The molecule has 12 aromatic rings. The molecule has 0 saturated carbocycles. The van der Waals surface area contributed by atoms with Gasteiger partial charge in [-0.25, -0.2) is 0 Å². The first-order chi connectivity index (χ1) is 27.8. The van der Waals surface area contributed by atoms with E-state index in [0.29, 0.717) is 0 Å². The molecule has 12 rings (SSSR count). The van der Waals surface area contributed by atoms with Gasteiger partial charge in [-0.1, -0.05) is 127 Å². The zero-order valence-corrected chi connectivity index (χ0v) is 31.0. The molecule has 3 heterocycles. The molecule has 0 aliphatic carbocycles. The Kier molecular flexibility index (Phi) is 6.80. The largest absolute Gasteiger partial charge is 0.456 e. The molecule has 262 valence electrons. The molecule has 0 atom stereocenters. The number of anilines is 3. The summed E-state index contributed by atoms with van der Waals surface area (Å²) in [5.74, 6) is 0. The van der Waals surface area contributed by atoms with Crippen molar-refractivity contribution in [2.24, 2.45) is 0 Å². The lowest BCUT2D eigenvalue weighted by molar-refractivity contribution is 0.669. The Bertz CT molecular complexity index is 3480. The number of furan rings is 1.